The Kier molecular flexibility index (Phi) is 2.75. The van der Waals surface area contributed by atoms with Crippen molar-refractivity contribution in [2.45, 2.75) is 5.92 Å². The quantitative estimate of drug-likeness (QED) is 0.673. The van der Waals surface area contributed by atoms with Gasteiger partial charge < -0.3 is 5.73 Å². The fraction of sp³-hybridized carbons (Fsp3) is 0.0667. The topological polar surface area (TPSA) is 69.2 Å². The first kappa shape index (κ1) is 12.3. The molecular formula is C15H11FN2O2. The molecule has 2 aromatic rings. The van der Waals surface area contributed by atoms with Crippen LogP contribution >= 0.6 is 0 Å². The first-order valence-corrected chi connectivity index (χ1v) is 6.08. The average molecular weight is 270 g/mol. The number of rotatable bonds is 2. The van der Waals surface area contributed by atoms with Gasteiger partial charge in [-0.3, -0.25) is 10.1 Å². The van der Waals surface area contributed by atoms with Crippen LogP contribution in [-0.4, -0.2) is 4.92 Å². The zero-order valence-corrected chi connectivity index (χ0v) is 10.4. The van der Waals surface area contributed by atoms with Gasteiger partial charge in [0.05, 0.1) is 4.92 Å². The van der Waals surface area contributed by atoms with E-state index in [1.54, 1.807) is 24.3 Å². The largest absolute Gasteiger partial charge is 0.393 e. The monoisotopic (exact) mass is 270 g/mol. The van der Waals surface area contributed by atoms with Crippen LogP contribution < -0.4 is 5.73 Å². The Morgan fingerprint density at radius 2 is 1.85 bits per heavy atom. The second-order valence-corrected chi connectivity index (χ2v) is 4.63. The molecule has 4 nitrogen and oxygen atoms in total. The van der Waals surface area contributed by atoms with E-state index in [0.717, 1.165) is 5.56 Å². The van der Waals surface area contributed by atoms with Gasteiger partial charge in [0.1, 0.15) is 17.4 Å². The second-order valence-electron chi connectivity index (χ2n) is 4.63. The predicted molar refractivity (Wildman–Crippen MR) is 72.8 cm³/mol. The van der Waals surface area contributed by atoms with Crippen LogP contribution in [-0.2, 0) is 0 Å². The summed E-state index contributed by atoms with van der Waals surface area (Å²) >= 11 is 0. The van der Waals surface area contributed by atoms with Gasteiger partial charge in [-0.25, -0.2) is 4.39 Å². The van der Waals surface area contributed by atoms with Gasteiger partial charge in [-0.15, -0.1) is 0 Å². The second kappa shape index (κ2) is 4.45. The lowest BCUT2D eigenvalue weighted by Gasteiger charge is -2.11. The molecular weight excluding hydrogens is 259 g/mol. The van der Waals surface area contributed by atoms with Crippen LogP contribution in [0.15, 0.2) is 54.2 Å². The summed E-state index contributed by atoms with van der Waals surface area (Å²) in [6, 6.07) is 13.0. The van der Waals surface area contributed by atoms with Gasteiger partial charge in [0.15, 0.2) is 0 Å². The van der Waals surface area contributed by atoms with Gasteiger partial charge in [0.2, 0.25) is 0 Å². The zero-order valence-electron chi connectivity index (χ0n) is 10.4. The Bertz CT molecular complexity index is 726. The van der Waals surface area contributed by atoms with Crippen LogP contribution in [0.25, 0.3) is 5.70 Å². The molecule has 1 aliphatic carbocycles. The lowest BCUT2D eigenvalue weighted by atomic mass is 9.91. The molecule has 0 spiro atoms. The van der Waals surface area contributed by atoms with Crippen molar-refractivity contribution in [1.82, 2.24) is 0 Å². The maximum absolute atomic E-state index is 13.5. The number of allylic oxidation sites excluding steroid dienone is 1. The Morgan fingerprint density at radius 1 is 1.15 bits per heavy atom. The molecule has 0 heterocycles. The van der Waals surface area contributed by atoms with Crippen LogP contribution in [0.3, 0.4) is 0 Å². The fourth-order valence-corrected chi connectivity index (χ4v) is 2.65. The van der Waals surface area contributed by atoms with Crippen LogP contribution in [0, 0.1) is 15.9 Å². The van der Waals surface area contributed by atoms with E-state index in [1.807, 2.05) is 6.07 Å². The minimum absolute atomic E-state index is 0.0863. The zero-order chi connectivity index (χ0) is 14.3. The Balaban J connectivity index is 2.26. The van der Waals surface area contributed by atoms with Crippen molar-refractivity contribution in [3.63, 3.8) is 0 Å². The van der Waals surface area contributed by atoms with Gasteiger partial charge in [-0.2, -0.15) is 0 Å². The Morgan fingerprint density at radius 3 is 2.50 bits per heavy atom. The molecule has 0 amide bonds. The van der Waals surface area contributed by atoms with Crippen LogP contribution in [0.2, 0.25) is 0 Å². The summed E-state index contributed by atoms with van der Waals surface area (Å²) in [5, 5.41) is 11.3. The predicted octanol–water partition coefficient (Wildman–Crippen LogP) is 2.88. The van der Waals surface area contributed by atoms with Crippen molar-refractivity contribution in [2.24, 2.45) is 5.73 Å². The minimum atomic E-state index is -0.628. The van der Waals surface area contributed by atoms with Gasteiger partial charge in [0, 0.05) is 5.56 Å². The standard InChI is InChI=1S/C15H11FN2O2/c16-10-6-7-11-12(8-10)13(9-4-2-1-3-5-9)15(14(11)17)18(19)20/h1-8,13H,17H2. The van der Waals surface area contributed by atoms with Crippen LogP contribution in [0.5, 0.6) is 0 Å². The lowest BCUT2D eigenvalue weighted by Crippen LogP contribution is -2.10. The van der Waals surface area contributed by atoms with Crippen molar-refractivity contribution < 1.29 is 9.31 Å². The number of nitrogens with two attached hydrogens (primary N) is 1. The third-order valence-corrected chi connectivity index (χ3v) is 3.49. The highest BCUT2D eigenvalue weighted by Crippen LogP contribution is 2.43. The molecule has 0 aromatic heterocycles. The SMILES string of the molecule is NC1=C([N+](=O)[O-])C(c2ccccc2)c2cc(F)ccc21. The number of nitrogens with zero attached hydrogens (tertiary/aromatic N) is 1. The normalized spacial score (nSPS) is 17.1. The lowest BCUT2D eigenvalue weighted by molar-refractivity contribution is -0.427. The maximum Gasteiger partial charge on any atom is 0.281 e. The summed E-state index contributed by atoms with van der Waals surface area (Å²) in [5.74, 6) is -1.06. The number of halogens is 1. The molecule has 0 bridgehead atoms. The molecule has 2 aromatic carbocycles. The highest BCUT2D eigenvalue weighted by molar-refractivity contribution is 5.76. The molecule has 0 saturated carbocycles. The summed E-state index contributed by atoms with van der Waals surface area (Å²) < 4.78 is 13.5. The Hall–Kier alpha value is -2.69. The first-order chi connectivity index (χ1) is 9.59. The van der Waals surface area contributed by atoms with E-state index < -0.39 is 16.7 Å². The fourth-order valence-electron chi connectivity index (χ4n) is 2.65. The maximum atomic E-state index is 13.5. The van der Waals surface area contributed by atoms with E-state index >= 15 is 0 Å². The van der Waals surface area contributed by atoms with E-state index in [-0.39, 0.29) is 11.4 Å². The molecule has 100 valence electrons. The van der Waals surface area contributed by atoms with Crippen molar-refractivity contribution >= 4 is 5.70 Å². The van der Waals surface area contributed by atoms with Gasteiger partial charge in [-0.05, 0) is 29.3 Å². The molecule has 1 unspecified atom stereocenters. The number of nitro groups is 1. The molecule has 3 rings (SSSR count). The minimum Gasteiger partial charge on any atom is -0.393 e. The average Bonchev–Trinajstić information content (AvgIpc) is 2.72. The van der Waals surface area contributed by atoms with Gasteiger partial charge >= 0.3 is 0 Å². The summed E-state index contributed by atoms with van der Waals surface area (Å²) in [5.41, 5.74) is 7.71. The molecule has 1 atom stereocenters. The Labute approximate surface area is 114 Å². The molecule has 20 heavy (non-hydrogen) atoms. The number of hydrogen-bond acceptors (Lipinski definition) is 3. The van der Waals surface area contributed by atoms with E-state index in [1.165, 1.54) is 18.2 Å². The molecule has 1 aliphatic rings. The molecule has 0 aliphatic heterocycles. The number of fused-ring (bicyclic) bond motifs is 1. The van der Waals surface area contributed by atoms with Crippen molar-refractivity contribution in [3.05, 3.63) is 86.8 Å². The smallest absolute Gasteiger partial charge is 0.281 e. The summed E-state index contributed by atoms with van der Waals surface area (Å²) in [4.78, 5) is 10.8. The molecule has 2 N–H and O–H groups in total. The van der Waals surface area contributed by atoms with Crippen LogP contribution in [0.1, 0.15) is 22.6 Å². The first-order valence-electron chi connectivity index (χ1n) is 6.08. The molecule has 0 radical (unpaired) electrons. The highest BCUT2D eigenvalue weighted by atomic mass is 19.1. The van der Waals surface area contributed by atoms with Crippen molar-refractivity contribution in [2.75, 3.05) is 0 Å². The van der Waals surface area contributed by atoms with E-state index in [0.29, 0.717) is 11.1 Å². The summed E-state index contributed by atoms with van der Waals surface area (Å²) in [6.07, 6.45) is 0. The van der Waals surface area contributed by atoms with Gasteiger partial charge in [-0.1, -0.05) is 30.3 Å². The molecule has 5 heteroatoms. The van der Waals surface area contributed by atoms with Crippen molar-refractivity contribution in [1.29, 1.82) is 0 Å². The van der Waals surface area contributed by atoms with E-state index in [9.17, 15) is 14.5 Å². The summed E-state index contributed by atoms with van der Waals surface area (Å²) in [7, 11) is 0. The van der Waals surface area contributed by atoms with E-state index in [4.69, 9.17) is 5.73 Å². The van der Waals surface area contributed by atoms with Gasteiger partial charge in [0.25, 0.3) is 5.70 Å². The third-order valence-electron chi connectivity index (χ3n) is 3.49. The van der Waals surface area contributed by atoms with Crippen molar-refractivity contribution in [3.8, 4) is 0 Å². The molecule has 0 saturated heterocycles. The summed E-state index contributed by atoms with van der Waals surface area (Å²) in [6.45, 7) is 0. The number of hydrogen-bond donors (Lipinski definition) is 1. The van der Waals surface area contributed by atoms with Crippen LogP contribution in [0.4, 0.5) is 4.39 Å². The highest BCUT2D eigenvalue weighted by Gasteiger charge is 2.39. The third kappa shape index (κ3) is 1.75. The number of benzene rings is 2. The molecule has 0 fully saturated rings. The van der Waals surface area contributed by atoms with E-state index in [2.05, 4.69) is 0 Å².